The lowest BCUT2D eigenvalue weighted by Gasteiger charge is -2.15. The van der Waals surface area contributed by atoms with E-state index in [0.717, 1.165) is 10.6 Å². The van der Waals surface area contributed by atoms with E-state index in [1.807, 2.05) is 31.4 Å². The summed E-state index contributed by atoms with van der Waals surface area (Å²) >= 11 is 1.55. The highest BCUT2D eigenvalue weighted by atomic mass is 32.2. The molecule has 0 spiro atoms. The van der Waals surface area contributed by atoms with E-state index < -0.39 is 0 Å². The maximum atomic E-state index is 13.5. The molecule has 0 radical (unpaired) electrons. The molecule has 2 rings (SSSR count). The van der Waals surface area contributed by atoms with Gasteiger partial charge in [-0.3, -0.25) is 0 Å². The Bertz CT molecular complexity index is 557. The van der Waals surface area contributed by atoms with E-state index in [4.69, 9.17) is 0 Å². The molecule has 0 saturated heterocycles. The number of hydrogen-bond donors (Lipinski definition) is 1. The third kappa shape index (κ3) is 3.44. The van der Waals surface area contributed by atoms with Gasteiger partial charge < -0.3 is 5.32 Å². The molecule has 1 unspecified atom stereocenters. The van der Waals surface area contributed by atoms with Gasteiger partial charge in [-0.05, 0) is 49.4 Å². The zero-order valence-corrected chi connectivity index (χ0v) is 12.0. The molecule has 1 N–H and O–H groups in total. The summed E-state index contributed by atoms with van der Waals surface area (Å²) < 4.78 is 13.5. The van der Waals surface area contributed by atoms with Crippen LogP contribution in [0.4, 0.5) is 10.2 Å². The van der Waals surface area contributed by atoms with Gasteiger partial charge in [0.1, 0.15) is 16.7 Å². The summed E-state index contributed by atoms with van der Waals surface area (Å²) in [5.41, 5.74) is 1.54. The molecule has 0 bridgehead atoms. The summed E-state index contributed by atoms with van der Waals surface area (Å²) in [7, 11) is 0. The molecule has 1 aromatic carbocycles. The minimum atomic E-state index is -0.185. The molecular formula is C14H16FN3S. The Kier molecular flexibility index (Phi) is 4.37. The Hall–Kier alpha value is -1.62. The van der Waals surface area contributed by atoms with Gasteiger partial charge in [-0.1, -0.05) is 12.1 Å². The molecule has 2 aromatic rings. The van der Waals surface area contributed by atoms with Crippen LogP contribution in [0.3, 0.4) is 0 Å². The monoisotopic (exact) mass is 277 g/mol. The molecule has 1 heterocycles. The Morgan fingerprint density at radius 3 is 2.58 bits per heavy atom. The largest absolute Gasteiger partial charge is 0.362 e. The highest BCUT2D eigenvalue weighted by molar-refractivity contribution is 7.98. The van der Waals surface area contributed by atoms with Crippen molar-refractivity contribution in [2.75, 3.05) is 11.6 Å². The Labute approximate surface area is 116 Å². The van der Waals surface area contributed by atoms with E-state index in [0.29, 0.717) is 11.4 Å². The summed E-state index contributed by atoms with van der Waals surface area (Å²) in [6.45, 7) is 3.72. The molecule has 0 saturated carbocycles. The summed E-state index contributed by atoms with van der Waals surface area (Å²) in [5, 5.41) is 12.2. The van der Waals surface area contributed by atoms with Gasteiger partial charge in [-0.15, -0.1) is 22.0 Å². The van der Waals surface area contributed by atoms with E-state index in [1.165, 1.54) is 0 Å². The van der Waals surface area contributed by atoms with Crippen molar-refractivity contribution < 1.29 is 4.39 Å². The van der Waals surface area contributed by atoms with Crippen LogP contribution >= 0.6 is 11.8 Å². The van der Waals surface area contributed by atoms with Crippen molar-refractivity contribution >= 4 is 17.6 Å². The molecule has 1 atom stereocenters. The van der Waals surface area contributed by atoms with Gasteiger partial charge in [0.05, 0.1) is 6.04 Å². The standard InChI is InChI=1S/C14H16FN3S/c1-9-4-5-11(8-12(9)15)10(2)16-13-6-7-14(19-3)18-17-13/h4-8,10H,1-3H3,(H,16,17). The second kappa shape index (κ2) is 6.02. The van der Waals surface area contributed by atoms with Crippen LogP contribution in [0.1, 0.15) is 24.1 Å². The van der Waals surface area contributed by atoms with E-state index in [2.05, 4.69) is 15.5 Å². The van der Waals surface area contributed by atoms with Crippen LogP contribution < -0.4 is 5.32 Å². The number of aromatic nitrogens is 2. The summed E-state index contributed by atoms with van der Waals surface area (Å²) in [6.07, 6.45) is 1.95. The van der Waals surface area contributed by atoms with Crippen molar-refractivity contribution in [1.29, 1.82) is 0 Å². The lowest BCUT2D eigenvalue weighted by Crippen LogP contribution is -2.09. The van der Waals surface area contributed by atoms with Crippen molar-refractivity contribution in [2.24, 2.45) is 0 Å². The topological polar surface area (TPSA) is 37.8 Å². The average molecular weight is 277 g/mol. The van der Waals surface area contributed by atoms with Crippen molar-refractivity contribution in [2.45, 2.75) is 24.9 Å². The molecule has 0 aliphatic carbocycles. The second-order valence-electron chi connectivity index (χ2n) is 4.34. The quantitative estimate of drug-likeness (QED) is 0.862. The van der Waals surface area contributed by atoms with Gasteiger partial charge >= 0.3 is 0 Å². The third-order valence-electron chi connectivity index (χ3n) is 2.91. The van der Waals surface area contributed by atoms with Crippen molar-refractivity contribution in [3.8, 4) is 0 Å². The molecule has 0 amide bonds. The van der Waals surface area contributed by atoms with E-state index in [1.54, 1.807) is 30.8 Å². The number of halogens is 1. The zero-order chi connectivity index (χ0) is 13.8. The number of hydrogen-bond acceptors (Lipinski definition) is 4. The first-order chi connectivity index (χ1) is 9.10. The maximum absolute atomic E-state index is 13.5. The molecule has 3 nitrogen and oxygen atoms in total. The lowest BCUT2D eigenvalue weighted by molar-refractivity contribution is 0.614. The minimum absolute atomic E-state index is 0.0236. The number of benzene rings is 1. The molecule has 0 aliphatic rings. The van der Waals surface area contributed by atoms with Crippen LogP contribution in [0.5, 0.6) is 0 Å². The van der Waals surface area contributed by atoms with E-state index >= 15 is 0 Å². The van der Waals surface area contributed by atoms with Crippen LogP contribution in [0.15, 0.2) is 35.4 Å². The SMILES string of the molecule is CSc1ccc(NC(C)c2ccc(C)c(F)c2)nn1. The third-order valence-corrected chi connectivity index (χ3v) is 3.55. The first-order valence-corrected chi connectivity index (χ1v) is 7.23. The number of anilines is 1. The molecular weight excluding hydrogens is 261 g/mol. The second-order valence-corrected chi connectivity index (χ2v) is 5.16. The van der Waals surface area contributed by atoms with Crippen LogP contribution in [-0.4, -0.2) is 16.5 Å². The molecule has 1 aromatic heterocycles. The van der Waals surface area contributed by atoms with Crippen molar-refractivity contribution in [3.63, 3.8) is 0 Å². The number of rotatable bonds is 4. The van der Waals surface area contributed by atoms with Crippen molar-refractivity contribution in [1.82, 2.24) is 10.2 Å². The fraction of sp³-hybridized carbons (Fsp3) is 0.286. The van der Waals surface area contributed by atoms with Crippen LogP contribution in [-0.2, 0) is 0 Å². The smallest absolute Gasteiger partial charge is 0.149 e. The van der Waals surface area contributed by atoms with E-state index in [9.17, 15) is 4.39 Å². The summed E-state index contributed by atoms with van der Waals surface area (Å²) in [4.78, 5) is 0. The van der Waals surface area contributed by atoms with Gasteiger partial charge in [0.15, 0.2) is 0 Å². The van der Waals surface area contributed by atoms with Gasteiger partial charge in [0, 0.05) is 0 Å². The number of thioether (sulfide) groups is 1. The molecule has 0 aliphatic heterocycles. The summed E-state index contributed by atoms with van der Waals surface area (Å²) in [6, 6.07) is 9.01. The Morgan fingerprint density at radius 2 is 2.00 bits per heavy atom. The molecule has 19 heavy (non-hydrogen) atoms. The predicted octanol–water partition coefficient (Wildman–Crippen LogP) is 3.82. The van der Waals surface area contributed by atoms with Gasteiger partial charge in [0.25, 0.3) is 0 Å². The Morgan fingerprint density at radius 1 is 1.21 bits per heavy atom. The number of aryl methyl sites for hydroxylation is 1. The molecule has 100 valence electrons. The van der Waals surface area contributed by atoms with Crippen LogP contribution in [0.25, 0.3) is 0 Å². The van der Waals surface area contributed by atoms with Gasteiger partial charge in [0.2, 0.25) is 0 Å². The normalized spacial score (nSPS) is 12.2. The minimum Gasteiger partial charge on any atom is -0.362 e. The number of nitrogens with zero attached hydrogens (tertiary/aromatic N) is 2. The van der Waals surface area contributed by atoms with Gasteiger partial charge in [-0.25, -0.2) is 4.39 Å². The first kappa shape index (κ1) is 13.8. The summed E-state index contributed by atoms with van der Waals surface area (Å²) in [5.74, 6) is 0.501. The molecule has 5 heteroatoms. The maximum Gasteiger partial charge on any atom is 0.149 e. The van der Waals surface area contributed by atoms with Crippen LogP contribution in [0, 0.1) is 12.7 Å². The highest BCUT2D eigenvalue weighted by Gasteiger charge is 2.08. The van der Waals surface area contributed by atoms with Crippen molar-refractivity contribution in [3.05, 3.63) is 47.3 Å². The highest BCUT2D eigenvalue weighted by Crippen LogP contribution is 2.20. The Balaban J connectivity index is 2.10. The predicted molar refractivity (Wildman–Crippen MR) is 77.0 cm³/mol. The number of nitrogens with one attached hydrogen (secondary N) is 1. The first-order valence-electron chi connectivity index (χ1n) is 6.00. The van der Waals surface area contributed by atoms with Gasteiger partial charge in [-0.2, -0.15) is 0 Å². The fourth-order valence-electron chi connectivity index (χ4n) is 1.69. The lowest BCUT2D eigenvalue weighted by atomic mass is 10.1. The van der Waals surface area contributed by atoms with E-state index in [-0.39, 0.29) is 11.9 Å². The van der Waals surface area contributed by atoms with Crippen LogP contribution in [0.2, 0.25) is 0 Å². The molecule has 0 fully saturated rings. The average Bonchev–Trinajstić information content (AvgIpc) is 2.42. The fourth-order valence-corrected chi connectivity index (χ4v) is 2.02. The zero-order valence-electron chi connectivity index (χ0n) is 11.1.